The fourth-order valence-electron chi connectivity index (χ4n) is 3.30. The second kappa shape index (κ2) is 6.77. The van der Waals surface area contributed by atoms with E-state index in [0.29, 0.717) is 12.6 Å². The Morgan fingerprint density at radius 3 is 3.14 bits per heavy atom. The Hall–Kier alpha value is -1.10. The second-order valence-corrected chi connectivity index (χ2v) is 6.08. The van der Waals surface area contributed by atoms with Crippen LogP contribution in [-0.2, 0) is 11.2 Å². The predicted molar refractivity (Wildman–Crippen MR) is 83.9 cm³/mol. The van der Waals surface area contributed by atoms with Gasteiger partial charge in [-0.15, -0.1) is 0 Å². The van der Waals surface area contributed by atoms with Gasteiger partial charge in [0.25, 0.3) is 0 Å². The molecule has 0 amide bonds. The van der Waals surface area contributed by atoms with Crippen LogP contribution in [0.5, 0.6) is 5.75 Å². The minimum absolute atomic E-state index is 0.187. The van der Waals surface area contributed by atoms with Gasteiger partial charge in [-0.25, -0.2) is 0 Å². The number of morpholine rings is 1. The number of rotatable bonds is 5. The molecule has 0 bridgehead atoms. The third-order valence-corrected chi connectivity index (χ3v) is 4.42. The van der Waals surface area contributed by atoms with Crippen molar-refractivity contribution in [2.45, 2.75) is 31.9 Å². The van der Waals surface area contributed by atoms with Gasteiger partial charge in [0.15, 0.2) is 0 Å². The summed E-state index contributed by atoms with van der Waals surface area (Å²) in [4.78, 5) is 2.29. The molecule has 21 heavy (non-hydrogen) atoms. The van der Waals surface area contributed by atoms with Gasteiger partial charge in [0.1, 0.15) is 18.5 Å². The van der Waals surface area contributed by atoms with Gasteiger partial charge in [0, 0.05) is 19.1 Å². The lowest BCUT2D eigenvalue weighted by molar-refractivity contribution is -0.0403. The number of hydrogen-bond acceptors (Lipinski definition) is 4. The van der Waals surface area contributed by atoms with Crippen LogP contribution in [0.3, 0.4) is 0 Å². The summed E-state index contributed by atoms with van der Waals surface area (Å²) in [6, 6.07) is 7.05. The Bertz CT molecular complexity index is 478. The molecule has 4 heteroatoms. The molecule has 116 valence electrons. The molecule has 2 unspecified atom stereocenters. The van der Waals surface area contributed by atoms with E-state index in [1.807, 2.05) is 0 Å². The van der Waals surface area contributed by atoms with Gasteiger partial charge in [0.05, 0.1) is 6.61 Å². The molecule has 1 N–H and O–H groups in total. The van der Waals surface area contributed by atoms with Crippen molar-refractivity contribution < 1.29 is 9.47 Å². The van der Waals surface area contributed by atoms with Crippen molar-refractivity contribution in [2.24, 2.45) is 0 Å². The molecule has 2 atom stereocenters. The number of aryl methyl sites for hydroxylation is 1. The average Bonchev–Trinajstić information content (AvgIpc) is 2.88. The highest BCUT2D eigenvalue weighted by molar-refractivity contribution is 5.40. The number of benzene rings is 1. The summed E-state index contributed by atoms with van der Waals surface area (Å²) in [6.45, 7) is 6.60. The highest BCUT2D eigenvalue weighted by atomic mass is 16.5. The van der Waals surface area contributed by atoms with Gasteiger partial charge in [-0.05, 0) is 49.7 Å². The molecule has 3 rings (SSSR count). The van der Waals surface area contributed by atoms with Crippen LogP contribution in [0.1, 0.15) is 30.5 Å². The van der Waals surface area contributed by atoms with E-state index >= 15 is 0 Å². The SMILES string of the molecule is CCNC1CCc2cc(OCC3CN(C)CCO3)ccc21. The summed E-state index contributed by atoms with van der Waals surface area (Å²) in [5, 5.41) is 3.54. The molecule has 0 aromatic heterocycles. The van der Waals surface area contributed by atoms with Crippen molar-refractivity contribution in [3.05, 3.63) is 29.3 Å². The van der Waals surface area contributed by atoms with Crippen LogP contribution in [0.25, 0.3) is 0 Å². The number of fused-ring (bicyclic) bond motifs is 1. The van der Waals surface area contributed by atoms with Crippen molar-refractivity contribution in [3.8, 4) is 5.75 Å². The molecule has 1 saturated heterocycles. The summed E-state index contributed by atoms with van der Waals surface area (Å²) < 4.78 is 11.7. The fourth-order valence-corrected chi connectivity index (χ4v) is 3.30. The molecule has 0 spiro atoms. The van der Waals surface area contributed by atoms with E-state index in [1.54, 1.807) is 0 Å². The molecule has 1 aromatic rings. The van der Waals surface area contributed by atoms with Gasteiger partial charge in [-0.1, -0.05) is 13.0 Å². The lowest BCUT2D eigenvalue weighted by Crippen LogP contribution is -2.42. The van der Waals surface area contributed by atoms with E-state index in [-0.39, 0.29) is 6.10 Å². The highest BCUT2D eigenvalue weighted by Crippen LogP contribution is 2.33. The molecule has 0 saturated carbocycles. The summed E-state index contributed by atoms with van der Waals surface area (Å²) in [7, 11) is 2.13. The first kappa shape index (κ1) is 14.8. The Balaban J connectivity index is 1.57. The number of nitrogens with one attached hydrogen (secondary N) is 1. The van der Waals surface area contributed by atoms with Crippen LogP contribution in [0.4, 0.5) is 0 Å². The normalized spacial score (nSPS) is 25.8. The van der Waals surface area contributed by atoms with Crippen molar-refractivity contribution in [2.75, 3.05) is 39.9 Å². The first-order chi connectivity index (χ1) is 10.3. The van der Waals surface area contributed by atoms with Crippen molar-refractivity contribution in [1.29, 1.82) is 0 Å². The fraction of sp³-hybridized carbons (Fsp3) is 0.647. The monoisotopic (exact) mass is 290 g/mol. The van der Waals surface area contributed by atoms with Crippen LogP contribution in [0.15, 0.2) is 18.2 Å². The van der Waals surface area contributed by atoms with Crippen LogP contribution < -0.4 is 10.1 Å². The van der Waals surface area contributed by atoms with Crippen molar-refractivity contribution in [3.63, 3.8) is 0 Å². The van der Waals surface area contributed by atoms with E-state index < -0.39 is 0 Å². The molecular formula is C17H26N2O2. The molecule has 1 fully saturated rings. The minimum atomic E-state index is 0.187. The van der Waals surface area contributed by atoms with Gasteiger partial charge >= 0.3 is 0 Å². The molecule has 2 aliphatic rings. The third-order valence-electron chi connectivity index (χ3n) is 4.42. The third kappa shape index (κ3) is 3.57. The van der Waals surface area contributed by atoms with E-state index in [2.05, 4.69) is 42.4 Å². The molecule has 1 aliphatic heterocycles. The zero-order valence-corrected chi connectivity index (χ0v) is 13.1. The first-order valence-electron chi connectivity index (χ1n) is 8.05. The summed E-state index contributed by atoms with van der Waals surface area (Å²) in [5.74, 6) is 0.975. The molecule has 1 aliphatic carbocycles. The lowest BCUT2D eigenvalue weighted by atomic mass is 10.1. The van der Waals surface area contributed by atoms with E-state index in [0.717, 1.165) is 38.4 Å². The molecular weight excluding hydrogens is 264 g/mol. The molecule has 1 heterocycles. The number of nitrogens with zero attached hydrogens (tertiary/aromatic N) is 1. The van der Waals surface area contributed by atoms with E-state index in [1.165, 1.54) is 17.5 Å². The van der Waals surface area contributed by atoms with Crippen molar-refractivity contribution in [1.82, 2.24) is 10.2 Å². The molecule has 4 nitrogen and oxygen atoms in total. The molecule has 1 aromatic carbocycles. The lowest BCUT2D eigenvalue weighted by Gasteiger charge is -2.29. The topological polar surface area (TPSA) is 33.7 Å². The summed E-state index contributed by atoms with van der Waals surface area (Å²) >= 11 is 0. The summed E-state index contributed by atoms with van der Waals surface area (Å²) in [6.07, 6.45) is 2.53. The number of ether oxygens (including phenoxy) is 2. The Morgan fingerprint density at radius 1 is 1.43 bits per heavy atom. The van der Waals surface area contributed by atoms with Gasteiger partial charge in [-0.2, -0.15) is 0 Å². The quantitative estimate of drug-likeness (QED) is 0.899. The van der Waals surface area contributed by atoms with Crippen LogP contribution in [0, 0.1) is 0 Å². The maximum Gasteiger partial charge on any atom is 0.119 e. The second-order valence-electron chi connectivity index (χ2n) is 6.08. The smallest absolute Gasteiger partial charge is 0.119 e. The van der Waals surface area contributed by atoms with Gasteiger partial charge in [0.2, 0.25) is 0 Å². The van der Waals surface area contributed by atoms with E-state index in [9.17, 15) is 0 Å². The Morgan fingerprint density at radius 2 is 2.33 bits per heavy atom. The zero-order valence-electron chi connectivity index (χ0n) is 13.1. The van der Waals surface area contributed by atoms with Crippen LogP contribution in [0.2, 0.25) is 0 Å². The number of likely N-dealkylation sites (N-methyl/N-ethyl adjacent to an activating group) is 1. The van der Waals surface area contributed by atoms with Gasteiger partial charge in [-0.3, -0.25) is 0 Å². The standard InChI is InChI=1S/C17H26N2O2/c1-3-18-17-7-4-13-10-14(5-6-16(13)17)21-12-15-11-19(2)8-9-20-15/h5-6,10,15,17-18H,3-4,7-9,11-12H2,1-2H3. The zero-order chi connectivity index (χ0) is 14.7. The maximum atomic E-state index is 5.94. The highest BCUT2D eigenvalue weighted by Gasteiger charge is 2.22. The summed E-state index contributed by atoms with van der Waals surface area (Å²) in [5.41, 5.74) is 2.87. The Kier molecular flexibility index (Phi) is 4.78. The van der Waals surface area contributed by atoms with Crippen LogP contribution in [-0.4, -0.2) is 50.9 Å². The number of hydrogen-bond donors (Lipinski definition) is 1. The average molecular weight is 290 g/mol. The molecule has 0 radical (unpaired) electrons. The van der Waals surface area contributed by atoms with Crippen LogP contribution >= 0.6 is 0 Å². The maximum absolute atomic E-state index is 5.94. The van der Waals surface area contributed by atoms with E-state index in [4.69, 9.17) is 9.47 Å². The predicted octanol–water partition coefficient (Wildman–Crippen LogP) is 1.99. The first-order valence-corrected chi connectivity index (χ1v) is 8.05. The largest absolute Gasteiger partial charge is 0.491 e. The van der Waals surface area contributed by atoms with Gasteiger partial charge < -0.3 is 19.7 Å². The minimum Gasteiger partial charge on any atom is -0.491 e. The Labute approximate surface area is 127 Å². The van der Waals surface area contributed by atoms with Crippen molar-refractivity contribution >= 4 is 0 Å².